The highest BCUT2D eigenvalue weighted by Gasteiger charge is 2.10. The fourth-order valence-corrected chi connectivity index (χ4v) is 1.40. The molecule has 1 unspecified atom stereocenters. The van der Waals surface area contributed by atoms with Crippen molar-refractivity contribution in [3.63, 3.8) is 0 Å². The first-order chi connectivity index (χ1) is 7.68. The third kappa shape index (κ3) is 1.93. The van der Waals surface area contributed by atoms with Gasteiger partial charge in [-0.2, -0.15) is 0 Å². The number of fused-ring (bicyclic) bond motifs is 1. The maximum Gasteiger partial charge on any atom is 0.239 e. The number of nitrogens with one attached hydrogen (secondary N) is 1. The molecule has 1 aromatic heterocycles. The topological polar surface area (TPSA) is 80.9 Å². The Labute approximate surface area is 92.7 Å². The minimum atomic E-state index is -0.460. The number of carbonyl (C=O) groups is 1. The van der Waals surface area contributed by atoms with Crippen LogP contribution in [0.3, 0.4) is 0 Å². The number of primary amides is 1. The zero-order valence-corrected chi connectivity index (χ0v) is 8.84. The average Bonchev–Trinajstić information content (AvgIpc) is 2.29. The predicted molar refractivity (Wildman–Crippen MR) is 61.8 cm³/mol. The van der Waals surface area contributed by atoms with Gasteiger partial charge in [0.2, 0.25) is 5.91 Å². The van der Waals surface area contributed by atoms with Crippen LogP contribution in [0.1, 0.15) is 6.92 Å². The van der Waals surface area contributed by atoms with E-state index in [2.05, 4.69) is 15.3 Å². The van der Waals surface area contributed by atoms with E-state index in [4.69, 9.17) is 5.73 Å². The first kappa shape index (κ1) is 10.4. The second kappa shape index (κ2) is 4.14. The molecule has 0 saturated carbocycles. The second-order valence-corrected chi connectivity index (χ2v) is 3.51. The van der Waals surface area contributed by atoms with Gasteiger partial charge in [0.15, 0.2) is 0 Å². The summed E-state index contributed by atoms with van der Waals surface area (Å²) in [5, 5.41) is 3.83. The maximum absolute atomic E-state index is 11.0. The molecule has 0 aliphatic heterocycles. The van der Waals surface area contributed by atoms with E-state index in [9.17, 15) is 4.79 Å². The lowest BCUT2D eigenvalue weighted by molar-refractivity contribution is -0.118. The standard InChI is InChI=1S/C11H12N4O/c1-7(10(12)16)15-11-8-4-2-3-5-9(8)13-6-14-11/h2-7H,1H3,(H2,12,16)(H,13,14,15). The van der Waals surface area contributed by atoms with Crippen molar-refractivity contribution in [1.82, 2.24) is 9.97 Å². The SMILES string of the molecule is CC(Nc1ncnc2ccccc12)C(N)=O. The summed E-state index contributed by atoms with van der Waals surface area (Å²) in [5.41, 5.74) is 6.01. The molecule has 5 nitrogen and oxygen atoms in total. The monoisotopic (exact) mass is 216 g/mol. The van der Waals surface area contributed by atoms with Gasteiger partial charge in [0.05, 0.1) is 5.52 Å². The number of para-hydroxylation sites is 1. The van der Waals surface area contributed by atoms with Crippen molar-refractivity contribution in [2.24, 2.45) is 5.73 Å². The average molecular weight is 216 g/mol. The Morgan fingerprint density at radius 2 is 2.12 bits per heavy atom. The highest BCUT2D eigenvalue weighted by molar-refractivity contribution is 5.91. The lowest BCUT2D eigenvalue weighted by Crippen LogP contribution is -2.32. The molecule has 2 rings (SSSR count). The molecule has 0 bridgehead atoms. The summed E-state index contributed by atoms with van der Waals surface area (Å²) in [4.78, 5) is 19.2. The summed E-state index contributed by atoms with van der Waals surface area (Å²) in [7, 11) is 0. The van der Waals surface area contributed by atoms with Crippen LogP contribution in [-0.4, -0.2) is 21.9 Å². The number of anilines is 1. The summed E-state index contributed by atoms with van der Waals surface area (Å²) in [6.45, 7) is 1.69. The van der Waals surface area contributed by atoms with Crippen LogP contribution in [0.2, 0.25) is 0 Å². The third-order valence-electron chi connectivity index (χ3n) is 2.32. The fourth-order valence-electron chi connectivity index (χ4n) is 1.40. The zero-order chi connectivity index (χ0) is 11.5. The predicted octanol–water partition coefficient (Wildman–Crippen LogP) is 0.915. The van der Waals surface area contributed by atoms with Crippen LogP contribution in [0.15, 0.2) is 30.6 Å². The molecule has 1 aromatic carbocycles. The highest BCUT2D eigenvalue weighted by Crippen LogP contribution is 2.18. The lowest BCUT2D eigenvalue weighted by atomic mass is 10.2. The van der Waals surface area contributed by atoms with Gasteiger partial charge in [0.1, 0.15) is 18.2 Å². The number of hydrogen-bond donors (Lipinski definition) is 2. The molecule has 0 saturated heterocycles. The van der Waals surface area contributed by atoms with E-state index in [-0.39, 0.29) is 0 Å². The minimum Gasteiger partial charge on any atom is -0.368 e. The Bertz CT molecular complexity index is 521. The number of rotatable bonds is 3. The van der Waals surface area contributed by atoms with E-state index in [1.165, 1.54) is 6.33 Å². The molecule has 0 aliphatic carbocycles. The summed E-state index contributed by atoms with van der Waals surface area (Å²) < 4.78 is 0. The van der Waals surface area contributed by atoms with Crippen LogP contribution in [0.25, 0.3) is 10.9 Å². The van der Waals surface area contributed by atoms with E-state index in [1.54, 1.807) is 6.92 Å². The van der Waals surface area contributed by atoms with Crippen LogP contribution in [0.5, 0.6) is 0 Å². The quantitative estimate of drug-likeness (QED) is 0.799. The van der Waals surface area contributed by atoms with E-state index in [0.717, 1.165) is 10.9 Å². The van der Waals surface area contributed by atoms with Crippen molar-refractivity contribution in [2.45, 2.75) is 13.0 Å². The van der Waals surface area contributed by atoms with Crippen LogP contribution in [-0.2, 0) is 4.79 Å². The Morgan fingerprint density at radius 3 is 2.88 bits per heavy atom. The van der Waals surface area contributed by atoms with Crippen LogP contribution in [0.4, 0.5) is 5.82 Å². The molecule has 1 heterocycles. The van der Waals surface area contributed by atoms with E-state index >= 15 is 0 Å². The highest BCUT2D eigenvalue weighted by atomic mass is 16.1. The molecule has 1 atom stereocenters. The minimum absolute atomic E-state index is 0.414. The van der Waals surface area contributed by atoms with Gasteiger partial charge in [-0.25, -0.2) is 9.97 Å². The second-order valence-electron chi connectivity index (χ2n) is 3.51. The van der Waals surface area contributed by atoms with Crippen LogP contribution < -0.4 is 11.1 Å². The van der Waals surface area contributed by atoms with Gasteiger partial charge in [-0.05, 0) is 19.1 Å². The maximum atomic E-state index is 11.0. The number of aromatic nitrogens is 2. The Morgan fingerprint density at radius 1 is 1.38 bits per heavy atom. The smallest absolute Gasteiger partial charge is 0.239 e. The lowest BCUT2D eigenvalue weighted by Gasteiger charge is -2.12. The van der Waals surface area contributed by atoms with E-state index in [0.29, 0.717) is 5.82 Å². The largest absolute Gasteiger partial charge is 0.368 e. The van der Waals surface area contributed by atoms with Gasteiger partial charge in [-0.15, -0.1) is 0 Å². The number of carbonyl (C=O) groups excluding carboxylic acids is 1. The van der Waals surface area contributed by atoms with Gasteiger partial charge in [-0.1, -0.05) is 12.1 Å². The fraction of sp³-hybridized carbons (Fsp3) is 0.182. The first-order valence-corrected chi connectivity index (χ1v) is 4.94. The summed E-state index contributed by atoms with van der Waals surface area (Å²) >= 11 is 0. The first-order valence-electron chi connectivity index (χ1n) is 4.94. The van der Waals surface area contributed by atoms with Crippen molar-refractivity contribution in [3.8, 4) is 0 Å². The molecule has 2 aromatic rings. The van der Waals surface area contributed by atoms with Crippen molar-refractivity contribution in [1.29, 1.82) is 0 Å². The molecular formula is C11H12N4O. The van der Waals surface area contributed by atoms with Gasteiger partial charge in [0, 0.05) is 5.39 Å². The molecule has 0 radical (unpaired) electrons. The number of hydrogen-bond acceptors (Lipinski definition) is 4. The van der Waals surface area contributed by atoms with Crippen molar-refractivity contribution in [2.75, 3.05) is 5.32 Å². The summed E-state index contributed by atoms with van der Waals surface area (Å²) in [6, 6.07) is 7.11. The Kier molecular flexibility index (Phi) is 2.68. The van der Waals surface area contributed by atoms with Gasteiger partial charge in [-0.3, -0.25) is 4.79 Å². The molecule has 0 spiro atoms. The van der Waals surface area contributed by atoms with E-state index in [1.807, 2.05) is 24.3 Å². The number of amides is 1. The number of benzene rings is 1. The van der Waals surface area contributed by atoms with Gasteiger partial charge >= 0.3 is 0 Å². The molecule has 3 N–H and O–H groups in total. The molecule has 0 aliphatic rings. The molecule has 0 fully saturated rings. The third-order valence-corrected chi connectivity index (χ3v) is 2.32. The van der Waals surface area contributed by atoms with Crippen LogP contribution >= 0.6 is 0 Å². The van der Waals surface area contributed by atoms with E-state index < -0.39 is 11.9 Å². The molecule has 82 valence electrons. The molecule has 1 amide bonds. The van der Waals surface area contributed by atoms with Crippen molar-refractivity contribution < 1.29 is 4.79 Å². The van der Waals surface area contributed by atoms with Crippen LogP contribution in [0, 0.1) is 0 Å². The summed E-state index contributed by atoms with van der Waals surface area (Å²) in [5.74, 6) is 0.208. The number of nitrogens with two attached hydrogens (primary N) is 1. The van der Waals surface area contributed by atoms with Crippen molar-refractivity contribution >= 4 is 22.6 Å². The number of nitrogens with zero attached hydrogens (tertiary/aromatic N) is 2. The Balaban J connectivity index is 2.41. The van der Waals surface area contributed by atoms with Gasteiger partial charge in [0.25, 0.3) is 0 Å². The molecule has 16 heavy (non-hydrogen) atoms. The summed E-state index contributed by atoms with van der Waals surface area (Å²) in [6.07, 6.45) is 1.46. The zero-order valence-electron chi connectivity index (χ0n) is 8.84. The Hall–Kier alpha value is -2.17. The molecule has 5 heteroatoms. The van der Waals surface area contributed by atoms with Gasteiger partial charge < -0.3 is 11.1 Å². The van der Waals surface area contributed by atoms with Crippen molar-refractivity contribution in [3.05, 3.63) is 30.6 Å². The normalized spacial score (nSPS) is 12.3. The molecular weight excluding hydrogens is 204 g/mol.